The quantitative estimate of drug-likeness (QED) is 0.852. The molecule has 144 valence electrons. The molecule has 1 aliphatic rings. The first-order valence-corrected chi connectivity index (χ1v) is 10.5. The van der Waals surface area contributed by atoms with Crippen LogP contribution in [0.4, 0.5) is 10.1 Å². The molecule has 0 spiro atoms. The second-order valence-electron chi connectivity index (χ2n) is 6.88. The molecule has 1 saturated heterocycles. The summed E-state index contributed by atoms with van der Waals surface area (Å²) in [5, 5.41) is 2.88. The minimum absolute atomic E-state index is 0.0926. The minimum atomic E-state index is -3.61. The number of amides is 1. The second kappa shape index (κ2) is 8.19. The monoisotopic (exact) mass is 390 g/mol. The van der Waals surface area contributed by atoms with Gasteiger partial charge in [-0.3, -0.25) is 4.79 Å². The number of rotatable bonds is 5. The van der Waals surface area contributed by atoms with E-state index in [1.165, 1.54) is 22.5 Å². The number of piperidine rings is 1. The zero-order valence-electron chi connectivity index (χ0n) is 15.2. The fraction of sp³-hybridized carbons (Fsp3) is 0.350. The summed E-state index contributed by atoms with van der Waals surface area (Å²) in [4.78, 5) is 12.4. The highest BCUT2D eigenvalue weighted by atomic mass is 32.2. The number of halogens is 1. The minimum Gasteiger partial charge on any atom is -0.326 e. The molecule has 27 heavy (non-hydrogen) atoms. The molecule has 2 aromatic rings. The molecule has 5 nitrogen and oxygen atoms in total. The fourth-order valence-corrected chi connectivity index (χ4v) is 4.76. The summed E-state index contributed by atoms with van der Waals surface area (Å²) in [6.45, 7) is 2.51. The van der Waals surface area contributed by atoms with E-state index in [0.717, 1.165) is 11.3 Å². The van der Waals surface area contributed by atoms with Crippen LogP contribution in [0.15, 0.2) is 48.5 Å². The highest BCUT2D eigenvalue weighted by molar-refractivity contribution is 7.88. The number of hydrogen-bond donors (Lipinski definition) is 1. The number of carbonyl (C=O) groups excluding carboxylic acids is 1. The lowest BCUT2D eigenvalue weighted by atomic mass is 9.97. The third-order valence-electron chi connectivity index (χ3n) is 4.83. The molecule has 1 N–H and O–H groups in total. The summed E-state index contributed by atoms with van der Waals surface area (Å²) in [6.07, 6.45) is 0.905. The normalized spacial score (nSPS) is 16.2. The van der Waals surface area contributed by atoms with E-state index in [4.69, 9.17) is 0 Å². The molecule has 0 atom stereocenters. The summed E-state index contributed by atoms with van der Waals surface area (Å²) < 4.78 is 40.2. The van der Waals surface area contributed by atoms with Crippen LogP contribution in [0.3, 0.4) is 0 Å². The summed E-state index contributed by atoms with van der Waals surface area (Å²) in [7, 11) is -3.61. The number of carbonyl (C=O) groups is 1. The molecule has 0 radical (unpaired) electrons. The van der Waals surface area contributed by atoms with Crippen molar-refractivity contribution in [2.24, 2.45) is 5.92 Å². The predicted molar refractivity (Wildman–Crippen MR) is 103 cm³/mol. The van der Waals surface area contributed by atoms with Gasteiger partial charge in [0.25, 0.3) is 0 Å². The van der Waals surface area contributed by atoms with Gasteiger partial charge in [-0.05, 0) is 38.0 Å². The van der Waals surface area contributed by atoms with E-state index in [1.54, 1.807) is 6.07 Å². The van der Waals surface area contributed by atoms with Crippen molar-refractivity contribution in [2.45, 2.75) is 25.5 Å². The molecule has 0 bridgehead atoms. The Morgan fingerprint density at radius 2 is 1.74 bits per heavy atom. The molecule has 1 amide bonds. The summed E-state index contributed by atoms with van der Waals surface area (Å²) in [6, 6.07) is 13.4. The third kappa shape index (κ3) is 4.93. The molecule has 1 heterocycles. The SMILES string of the molecule is Cc1ccc(NC(=O)C2CCN(S(=O)(=O)Cc3ccccc3F)CC2)cc1. The highest BCUT2D eigenvalue weighted by Gasteiger charge is 2.31. The van der Waals surface area contributed by atoms with Crippen molar-refractivity contribution in [3.05, 3.63) is 65.5 Å². The largest absolute Gasteiger partial charge is 0.326 e. The number of nitrogens with zero attached hydrogens (tertiary/aromatic N) is 1. The molecule has 0 aliphatic carbocycles. The van der Waals surface area contributed by atoms with E-state index in [9.17, 15) is 17.6 Å². The van der Waals surface area contributed by atoms with Crippen molar-refractivity contribution in [2.75, 3.05) is 18.4 Å². The summed E-state index contributed by atoms with van der Waals surface area (Å²) in [5.74, 6) is -1.20. The predicted octanol–water partition coefficient (Wildman–Crippen LogP) is 3.31. The molecule has 1 aliphatic heterocycles. The maximum atomic E-state index is 13.8. The van der Waals surface area contributed by atoms with Gasteiger partial charge in [0.05, 0.1) is 5.75 Å². The van der Waals surface area contributed by atoms with Crippen molar-refractivity contribution in [1.29, 1.82) is 0 Å². The van der Waals surface area contributed by atoms with Crippen molar-refractivity contribution >= 4 is 21.6 Å². The van der Waals surface area contributed by atoms with Crippen LogP contribution in [0.1, 0.15) is 24.0 Å². The van der Waals surface area contributed by atoms with Crippen LogP contribution >= 0.6 is 0 Å². The Kier molecular flexibility index (Phi) is 5.92. The van der Waals surface area contributed by atoms with Gasteiger partial charge in [0.2, 0.25) is 15.9 Å². The average molecular weight is 390 g/mol. The van der Waals surface area contributed by atoms with Crippen LogP contribution < -0.4 is 5.32 Å². The Balaban J connectivity index is 1.57. The smallest absolute Gasteiger partial charge is 0.227 e. The third-order valence-corrected chi connectivity index (χ3v) is 6.66. The van der Waals surface area contributed by atoms with Crippen LogP contribution in [-0.4, -0.2) is 31.7 Å². The zero-order valence-corrected chi connectivity index (χ0v) is 16.0. The number of benzene rings is 2. The van der Waals surface area contributed by atoms with Gasteiger partial charge >= 0.3 is 0 Å². The molecule has 0 aromatic heterocycles. The van der Waals surface area contributed by atoms with Crippen molar-refractivity contribution in [3.8, 4) is 0 Å². The van der Waals surface area contributed by atoms with Gasteiger partial charge in [0.1, 0.15) is 5.82 Å². The molecule has 1 fully saturated rings. The maximum absolute atomic E-state index is 13.8. The van der Waals surface area contributed by atoms with Gasteiger partial charge in [-0.25, -0.2) is 17.1 Å². The number of nitrogens with one attached hydrogen (secondary N) is 1. The Morgan fingerprint density at radius 1 is 1.11 bits per heavy atom. The number of sulfonamides is 1. The Labute approximate surface area is 159 Å². The van der Waals surface area contributed by atoms with E-state index in [0.29, 0.717) is 12.8 Å². The molecular formula is C20H23FN2O3S. The molecule has 0 unspecified atom stereocenters. The lowest BCUT2D eigenvalue weighted by molar-refractivity contribution is -0.120. The van der Waals surface area contributed by atoms with Gasteiger partial charge in [-0.15, -0.1) is 0 Å². The van der Waals surface area contributed by atoms with Crippen LogP contribution in [0.2, 0.25) is 0 Å². The lowest BCUT2D eigenvalue weighted by Crippen LogP contribution is -2.42. The van der Waals surface area contributed by atoms with Gasteiger partial charge in [-0.1, -0.05) is 35.9 Å². The number of anilines is 1. The molecule has 0 saturated carbocycles. The van der Waals surface area contributed by atoms with E-state index >= 15 is 0 Å². The van der Waals surface area contributed by atoms with Crippen LogP contribution in [0, 0.1) is 18.7 Å². The highest BCUT2D eigenvalue weighted by Crippen LogP contribution is 2.23. The molecule has 7 heteroatoms. The maximum Gasteiger partial charge on any atom is 0.227 e. The first-order chi connectivity index (χ1) is 12.8. The van der Waals surface area contributed by atoms with E-state index in [1.807, 2.05) is 31.2 Å². The first-order valence-electron chi connectivity index (χ1n) is 8.94. The summed E-state index contributed by atoms with van der Waals surface area (Å²) in [5.41, 5.74) is 2.01. The molecule has 2 aromatic carbocycles. The lowest BCUT2D eigenvalue weighted by Gasteiger charge is -2.30. The van der Waals surface area contributed by atoms with E-state index < -0.39 is 15.8 Å². The van der Waals surface area contributed by atoms with Crippen LogP contribution in [-0.2, 0) is 20.6 Å². The molecular weight excluding hydrogens is 367 g/mol. The summed E-state index contributed by atoms with van der Waals surface area (Å²) >= 11 is 0. The standard InChI is InChI=1S/C20H23FN2O3S/c1-15-6-8-18(9-7-15)22-20(24)16-10-12-23(13-11-16)27(25,26)14-17-4-2-3-5-19(17)21/h2-9,16H,10-14H2,1H3,(H,22,24). The van der Waals surface area contributed by atoms with Crippen LogP contribution in [0.5, 0.6) is 0 Å². The van der Waals surface area contributed by atoms with Gasteiger partial charge in [-0.2, -0.15) is 0 Å². The number of hydrogen-bond acceptors (Lipinski definition) is 3. The Morgan fingerprint density at radius 3 is 2.37 bits per heavy atom. The van der Waals surface area contributed by atoms with Crippen molar-refractivity contribution in [1.82, 2.24) is 4.31 Å². The fourth-order valence-electron chi connectivity index (χ4n) is 3.18. The van der Waals surface area contributed by atoms with Crippen molar-refractivity contribution < 1.29 is 17.6 Å². The first kappa shape index (κ1) is 19.5. The van der Waals surface area contributed by atoms with Crippen LogP contribution in [0.25, 0.3) is 0 Å². The van der Waals surface area contributed by atoms with Gasteiger partial charge in [0.15, 0.2) is 0 Å². The van der Waals surface area contributed by atoms with E-state index in [-0.39, 0.29) is 36.2 Å². The van der Waals surface area contributed by atoms with E-state index in [2.05, 4.69) is 5.32 Å². The Hall–Kier alpha value is -2.25. The van der Waals surface area contributed by atoms with Gasteiger partial charge < -0.3 is 5.32 Å². The Bertz CT molecular complexity index is 905. The second-order valence-corrected chi connectivity index (χ2v) is 8.85. The zero-order chi connectivity index (χ0) is 19.4. The average Bonchev–Trinajstić information content (AvgIpc) is 2.65. The van der Waals surface area contributed by atoms with Crippen molar-refractivity contribution in [3.63, 3.8) is 0 Å². The molecule has 3 rings (SSSR count). The van der Waals surface area contributed by atoms with Gasteiger partial charge in [0, 0.05) is 30.3 Å². The number of aryl methyl sites for hydroxylation is 1. The topological polar surface area (TPSA) is 66.5 Å².